The van der Waals surface area contributed by atoms with E-state index in [-0.39, 0.29) is 34.2 Å². The molecule has 2 amide bonds. The molecule has 0 fully saturated rings. The van der Waals surface area contributed by atoms with Crippen molar-refractivity contribution in [2.24, 2.45) is 0 Å². The van der Waals surface area contributed by atoms with E-state index in [0.717, 1.165) is 0 Å². The maximum atomic E-state index is 13.1. The highest BCUT2D eigenvalue weighted by molar-refractivity contribution is 6.32. The van der Waals surface area contributed by atoms with E-state index in [9.17, 15) is 9.59 Å². The van der Waals surface area contributed by atoms with Gasteiger partial charge in [0.25, 0.3) is 11.8 Å². The van der Waals surface area contributed by atoms with Crippen LogP contribution in [0.4, 0.5) is 11.4 Å². The average molecular weight is 447 g/mol. The summed E-state index contributed by atoms with van der Waals surface area (Å²) in [5.74, 6) is -0.638. The van der Waals surface area contributed by atoms with Gasteiger partial charge in [0.05, 0.1) is 16.3 Å². The summed E-state index contributed by atoms with van der Waals surface area (Å²) in [6, 6.07) is 7.77. The third-order valence-electron chi connectivity index (χ3n) is 4.11. The number of nitrogens with one attached hydrogen (secondary N) is 2. The number of benzene rings is 1. The highest BCUT2D eigenvalue weighted by atomic mass is 35.5. The first-order valence-electron chi connectivity index (χ1n) is 9.06. The van der Waals surface area contributed by atoms with Gasteiger partial charge in [-0.3, -0.25) is 9.59 Å². The van der Waals surface area contributed by atoms with Gasteiger partial charge in [-0.1, -0.05) is 23.2 Å². The van der Waals surface area contributed by atoms with Crippen molar-refractivity contribution >= 4 is 46.4 Å². The van der Waals surface area contributed by atoms with Crippen molar-refractivity contribution in [2.75, 3.05) is 11.1 Å². The molecule has 0 saturated heterocycles. The lowest BCUT2D eigenvalue weighted by molar-refractivity contribution is 0.0944. The summed E-state index contributed by atoms with van der Waals surface area (Å²) in [4.78, 5) is 29.9. The van der Waals surface area contributed by atoms with E-state index < -0.39 is 5.91 Å². The number of pyridine rings is 1. The first-order valence-corrected chi connectivity index (χ1v) is 9.81. The second kappa shape index (κ2) is 8.73. The van der Waals surface area contributed by atoms with Crippen molar-refractivity contribution < 1.29 is 9.59 Å². The average Bonchev–Trinajstić information content (AvgIpc) is 3.05. The summed E-state index contributed by atoms with van der Waals surface area (Å²) < 4.78 is 1.25. The first kappa shape index (κ1) is 21.6. The Bertz CT molecular complexity index is 1130. The molecule has 0 saturated carbocycles. The third-order valence-corrected chi connectivity index (χ3v) is 4.59. The fourth-order valence-corrected chi connectivity index (χ4v) is 3.27. The number of nitrogens with zero attached hydrogens (tertiary/aromatic N) is 3. The largest absolute Gasteiger partial charge is 0.399 e. The van der Waals surface area contributed by atoms with Crippen LogP contribution < -0.4 is 16.4 Å². The molecule has 1 aromatic carbocycles. The van der Waals surface area contributed by atoms with Gasteiger partial charge in [0.15, 0.2) is 11.0 Å². The summed E-state index contributed by atoms with van der Waals surface area (Å²) in [5, 5.41) is 10.1. The molecule has 0 unspecified atom stereocenters. The zero-order valence-corrected chi connectivity index (χ0v) is 18.0. The SMILES string of the molecule is Cc1cc(N)cc(C(=O)NC(C)C)c1NC(=O)c1cc(Cl)nn1-c1ncccc1Cl. The molecule has 3 rings (SSSR count). The molecule has 0 aliphatic rings. The Labute approximate surface area is 183 Å². The summed E-state index contributed by atoms with van der Waals surface area (Å²) in [6.07, 6.45) is 1.52. The van der Waals surface area contributed by atoms with Gasteiger partial charge >= 0.3 is 0 Å². The maximum absolute atomic E-state index is 13.1. The van der Waals surface area contributed by atoms with Crippen molar-refractivity contribution in [1.29, 1.82) is 0 Å². The molecule has 0 bridgehead atoms. The highest BCUT2D eigenvalue weighted by Gasteiger charge is 2.22. The number of anilines is 2. The van der Waals surface area contributed by atoms with E-state index in [1.54, 1.807) is 25.1 Å². The van der Waals surface area contributed by atoms with Crippen LogP contribution in [0.5, 0.6) is 0 Å². The first-order chi connectivity index (χ1) is 14.2. The summed E-state index contributed by atoms with van der Waals surface area (Å²) in [6.45, 7) is 5.43. The van der Waals surface area contributed by atoms with Crippen molar-refractivity contribution in [3.63, 3.8) is 0 Å². The van der Waals surface area contributed by atoms with Gasteiger partial charge < -0.3 is 16.4 Å². The molecular weight excluding hydrogens is 427 g/mol. The lowest BCUT2D eigenvalue weighted by Gasteiger charge is -2.16. The number of carbonyl (C=O) groups is 2. The molecule has 0 aliphatic carbocycles. The van der Waals surface area contributed by atoms with Gasteiger partial charge in [-0.25, -0.2) is 9.67 Å². The number of rotatable bonds is 5. The van der Waals surface area contributed by atoms with Crippen LogP contribution in [0.3, 0.4) is 0 Å². The number of aromatic nitrogens is 3. The van der Waals surface area contributed by atoms with Crippen LogP contribution in [-0.4, -0.2) is 32.6 Å². The number of carbonyl (C=O) groups excluding carboxylic acids is 2. The Morgan fingerprint density at radius 1 is 1.17 bits per heavy atom. The Kier molecular flexibility index (Phi) is 6.28. The molecule has 4 N–H and O–H groups in total. The Hall–Kier alpha value is -3.10. The number of aryl methyl sites for hydroxylation is 1. The molecule has 2 heterocycles. The molecular formula is C20H20Cl2N6O2. The zero-order chi connectivity index (χ0) is 22.0. The van der Waals surface area contributed by atoms with Gasteiger partial charge in [0.2, 0.25) is 0 Å². The van der Waals surface area contributed by atoms with E-state index in [1.165, 1.54) is 23.0 Å². The number of hydrogen-bond donors (Lipinski definition) is 3. The van der Waals surface area contributed by atoms with E-state index in [4.69, 9.17) is 28.9 Å². The van der Waals surface area contributed by atoms with Gasteiger partial charge in [-0.15, -0.1) is 0 Å². The monoisotopic (exact) mass is 446 g/mol. The van der Waals surface area contributed by atoms with E-state index in [0.29, 0.717) is 22.0 Å². The second-order valence-electron chi connectivity index (χ2n) is 6.92. The predicted molar refractivity (Wildman–Crippen MR) is 118 cm³/mol. The van der Waals surface area contributed by atoms with Crippen LogP contribution in [0.2, 0.25) is 10.2 Å². The fraction of sp³-hybridized carbons (Fsp3) is 0.200. The van der Waals surface area contributed by atoms with E-state index >= 15 is 0 Å². The number of nitrogen functional groups attached to an aromatic ring is 1. The summed E-state index contributed by atoms with van der Waals surface area (Å²) >= 11 is 12.2. The lowest BCUT2D eigenvalue weighted by atomic mass is 10.0. The highest BCUT2D eigenvalue weighted by Crippen LogP contribution is 2.27. The van der Waals surface area contributed by atoms with E-state index in [1.807, 2.05) is 13.8 Å². The number of halogens is 2. The maximum Gasteiger partial charge on any atom is 0.274 e. The van der Waals surface area contributed by atoms with Crippen LogP contribution in [0.1, 0.15) is 40.3 Å². The summed E-state index contributed by atoms with van der Waals surface area (Å²) in [7, 11) is 0. The quantitative estimate of drug-likeness (QED) is 0.514. The van der Waals surface area contributed by atoms with Crippen LogP contribution in [0, 0.1) is 6.92 Å². The van der Waals surface area contributed by atoms with Crippen LogP contribution in [0.25, 0.3) is 5.82 Å². The number of hydrogen-bond acceptors (Lipinski definition) is 5. The second-order valence-corrected chi connectivity index (χ2v) is 7.71. The molecule has 2 aromatic heterocycles. The Morgan fingerprint density at radius 3 is 2.57 bits per heavy atom. The fourth-order valence-electron chi connectivity index (χ4n) is 2.89. The molecule has 10 heteroatoms. The lowest BCUT2D eigenvalue weighted by Crippen LogP contribution is -2.31. The topological polar surface area (TPSA) is 115 Å². The minimum Gasteiger partial charge on any atom is -0.399 e. The zero-order valence-electron chi connectivity index (χ0n) is 16.5. The van der Waals surface area contributed by atoms with Crippen molar-refractivity contribution in [1.82, 2.24) is 20.1 Å². The Morgan fingerprint density at radius 2 is 1.90 bits per heavy atom. The molecule has 156 valence electrons. The van der Waals surface area contributed by atoms with Crippen LogP contribution >= 0.6 is 23.2 Å². The van der Waals surface area contributed by atoms with Gasteiger partial charge in [0, 0.05) is 24.0 Å². The van der Waals surface area contributed by atoms with Crippen molar-refractivity contribution in [3.05, 3.63) is 63.5 Å². The van der Waals surface area contributed by atoms with Gasteiger partial charge in [-0.05, 0) is 50.6 Å². The van der Waals surface area contributed by atoms with E-state index in [2.05, 4.69) is 20.7 Å². The molecule has 0 spiro atoms. The minimum absolute atomic E-state index is 0.0886. The molecule has 30 heavy (non-hydrogen) atoms. The Balaban J connectivity index is 2.02. The standard InChI is InChI=1S/C20H20Cl2N6O2/c1-10(2)25-19(29)13-8-12(23)7-11(3)17(13)26-20(30)15-9-16(22)27-28(15)18-14(21)5-4-6-24-18/h4-10H,23H2,1-3H3,(H,25,29)(H,26,30). The third kappa shape index (κ3) is 4.55. The summed E-state index contributed by atoms with van der Waals surface area (Å²) in [5.41, 5.74) is 7.64. The van der Waals surface area contributed by atoms with Gasteiger partial charge in [-0.2, -0.15) is 5.10 Å². The molecule has 0 radical (unpaired) electrons. The number of nitrogens with two attached hydrogens (primary N) is 1. The molecule has 3 aromatic rings. The minimum atomic E-state index is -0.539. The smallest absolute Gasteiger partial charge is 0.274 e. The molecule has 8 nitrogen and oxygen atoms in total. The molecule has 0 aliphatic heterocycles. The van der Waals surface area contributed by atoms with Crippen molar-refractivity contribution in [2.45, 2.75) is 26.8 Å². The predicted octanol–water partition coefficient (Wildman–Crippen LogP) is 3.86. The van der Waals surface area contributed by atoms with Crippen LogP contribution in [-0.2, 0) is 0 Å². The normalized spacial score (nSPS) is 10.9. The van der Waals surface area contributed by atoms with Crippen molar-refractivity contribution in [3.8, 4) is 5.82 Å². The molecule has 0 atom stereocenters. The number of amides is 2. The van der Waals surface area contributed by atoms with Gasteiger partial charge in [0.1, 0.15) is 5.69 Å². The van der Waals surface area contributed by atoms with Crippen LogP contribution in [0.15, 0.2) is 36.5 Å².